The Kier molecular flexibility index (Phi) is 3.72. The van der Waals surface area contributed by atoms with E-state index in [1.807, 2.05) is 0 Å². The van der Waals surface area contributed by atoms with E-state index in [1.54, 1.807) is 18.2 Å². The number of phenols is 1. The lowest BCUT2D eigenvalue weighted by atomic mass is 10.2. The van der Waals surface area contributed by atoms with Crippen LogP contribution in [0, 0.1) is 0 Å². The van der Waals surface area contributed by atoms with Crippen molar-refractivity contribution in [2.24, 2.45) is 0 Å². The molecule has 0 aliphatic rings. The van der Waals surface area contributed by atoms with Gasteiger partial charge in [-0.3, -0.25) is 5.10 Å². The second-order valence-electron chi connectivity index (χ2n) is 3.87. The predicted octanol–water partition coefficient (Wildman–Crippen LogP) is 0.292. The molecule has 4 N–H and O–H groups in total. The zero-order valence-electron chi connectivity index (χ0n) is 10.1. The Bertz CT molecular complexity index is 738. The van der Waals surface area contributed by atoms with Gasteiger partial charge in [0.15, 0.2) is 5.03 Å². The minimum Gasteiger partial charge on any atom is -0.508 e. The van der Waals surface area contributed by atoms with Crippen molar-refractivity contribution >= 4 is 16.0 Å². The molecule has 0 radical (unpaired) electrons. The maximum Gasteiger partial charge on any atom is 0.340 e. The molecule has 106 valence electrons. The van der Waals surface area contributed by atoms with Gasteiger partial charge < -0.3 is 10.2 Å². The molecule has 0 aliphatic heterocycles. The number of carboxylic acid groups (broad SMARTS) is 1. The maximum atomic E-state index is 12.0. The summed E-state index contributed by atoms with van der Waals surface area (Å²) in [7, 11) is -4.07. The summed E-state index contributed by atoms with van der Waals surface area (Å²) in [6.07, 6.45) is 0.914. The largest absolute Gasteiger partial charge is 0.508 e. The maximum absolute atomic E-state index is 12.0. The number of H-pyrrole nitrogens is 1. The average molecular weight is 297 g/mol. The number of para-hydroxylation sites is 1. The van der Waals surface area contributed by atoms with Crippen molar-refractivity contribution in [2.75, 3.05) is 0 Å². The first-order valence-electron chi connectivity index (χ1n) is 5.45. The van der Waals surface area contributed by atoms with E-state index >= 15 is 0 Å². The third-order valence-electron chi connectivity index (χ3n) is 2.55. The highest BCUT2D eigenvalue weighted by Gasteiger charge is 2.24. The fourth-order valence-electron chi connectivity index (χ4n) is 1.54. The zero-order chi connectivity index (χ0) is 14.8. The van der Waals surface area contributed by atoms with Gasteiger partial charge in [-0.05, 0) is 6.07 Å². The van der Waals surface area contributed by atoms with Crippen molar-refractivity contribution in [1.29, 1.82) is 0 Å². The number of sulfonamides is 1. The normalized spacial score (nSPS) is 11.4. The van der Waals surface area contributed by atoms with Gasteiger partial charge in [-0.15, -0.1) is 0 Å². The van der Waals surface area contributed by atoms with Crippen molar-refractivity contribution in [3.05, 3.63) is 41.6 Å². The van der Waals surface area contributed by atoms with Gasteiger partial charge in [-0.1, -0.05) is 18.2 Å². The Balaban J connectivity index is 2.22. The first-order valence-corrected chi connectivity index (χ1v) is 6.93. The number of rotatable bonds is 5. The van der Waals surface area contributed by atoms with Crippen molar-refractivity contribution in [3.8, 4) is 5.75 Å². The number of aromatic hydroxyl groups is 1. The summed E-state index contributed by atoms with van der Waals surface area (Å²) < 4.78 is 26.1. The molecular weight excluding hydrogens is 286 g/mol. The van der Waals surface area contributed by atoms with Crippen molar-refractivity contribution in [3.63, 3.8) is 0 Å². The Morgan fingerprint density at radius 2 is 2.05 bits per heavy atom. The van der Waals surface area contributed by atoms with Gasteiger partial charge in [0, 0.05) is 12.1 Å². The SMILES string of the molecule is O=C(O)c1cn[nH]c1S(=O)(=O)NCc1ccccc1O. The van der Waals surface area contributed by atoms with Gasteiger partial charge in [0.2, 0.25) is 0 Å². The molecular formula is C11H11N3O5S. The molecule has 0 amide bonds. The smallest absolute Gasteiger partial charge is 0.340 e. The topological polar surface area (TPSA) is 132 Å². The Morgan fingerprint density at radius 1 is 1.35 bits per heavy atom. The van der Waals surface area contributed by atoms with Crippen LogP contribution in [-0.2, 0) is 16.6 Å². The molecule has 2 rings (SSSR count). The molecule has 1 heterocycles. The molecule has 0 unspecified atom stereocenters. The molecule has 0 saturated carbocycles. The third kappa shape index (κ3) is 2.78. The Morgan fingerprint density at radius 3 is 2.70 bits per heavy atom. The first kappa shape index (κ1) is 14.0. The number of carboxylic acids is 1. The van der Waals surface area contributed by atoms with Gasteiger partial charge in [-0.25, -0.2) is 17.9 Å². The number of carbonyl (C=O) groups is 1. The second-order valence-corrected chi connectivity index (χ2v) is 5.58. The van der Waals surface area contributed by atoms with E-state index in [-0.39, 0.29) is 12.3 Å². The van der Waals surface area contributed by atoms with E-state index in [0.29, 0.717) is 5.56 Å². The minimum absolute atomic E-state index is 0.0572. The molecule has 20 heavy (non-hydrogen) atoms. The van der Waals surface area contributed by atoms with Crippen LogP contribution in [0.5, 0.6) is 5.75 Å². The second kappa shape index (κ2) is 5.31. The number of hydrogen-bond donors (Lipinski definition) is 4. The van der Waals surface area contributed by atoms with E-state index in [1.165, 1.54) is 6.07 Å². The zero-order valence-corrected chi connectivity index (χ0v) is 10.9. The van der Waals surface area contributed by atoms with Crippen LogP contribution in [0.4, 0.5) is 0 Å². The third-order valence-corrected chi connectivity index (χ3v) is 3.92. The lowest BCUT2D eigenvalue weighted by molar-refractivity contribution is 0.0692. The van der Waals surface area contributed by atoms with Crippen LogP contribution >= 0.6 is 0 Å². The standard InChI is InChI=1S/C11H11N3O5S/c15-9-4-2-1-3-7(9)5-13-20(18,19)10-8(11(16)17)6-12-14-10/h1-4,6,13,15H,5H2,(H,12,14)(H,16,17). The van der Waals surface area contributed by atoms with E-state index in [9.17, 15) is 18.3 Å². The quantitative estimate of drug-likeness (QED) is 0.627. The summed E-state index contributed by atoms with van der Waals surface area (Å²) in [5.41, 5.74) is -0.0813. The summed E-state index contributed by atoms with van der Waals surface area (Å²) in [6, 6.07) is 6.21. The van der Waals surface area contributed by atoms with Crippen LogP contribution < -0.4 is 4.72 Å². The molecule has 0 bridgehead atoms. The summed E-state index contributed by atoms with van der Waals surface area (Å²) in [5.74, 6) is -1.46. The van der Waals surface area contributed by atoms with Crippen molar-refractivity contribution in [2.45, 2.75) is 11.6 Å². The van der Waals surface area contributed by atoms with Gasteiger partial charge in [0.1, 0.15) is 11.3 Å². The van der Waals surface area contributed by atoms with Crippen LogP contribution in [0.15, 0.2) is 35.5 Å². The molecule has 0 spiro atoms. The molecule has 0 saturated heterocycles. The van der Waals surface area contributed by atoms with E-state index < -0.39 is 26.6 Å². The summed E-state index contributed by atoms with van der Waals surface area (Å²) >= 11 is 0. The number of phenolic OH excluding ortho intramolecular Hbond substituents is 1. The Hall–Kier alpha value is -2.39. The number of benzene rings is 1. The van der Waals surface area contributed by atoms with Gasteiger partial charge >= 0.3 is 5.97 Å². The van der Waals surface area contributed by atoms with Gasteiger partial charge in [0.25, 0.3) is 10.0 Å². The van der Waals surface area contributed by atoms with Crippen LogP contribution in [0.3, 0.4) is 0 Å². The van der Waals surface area contributed by atoms with Gasteiger partial charge in [-0.2, -0.15) is 5.10 Å². The fraction of sp³-hybridized carbons (Fsp3) is 0.0909. The Labute approximate surface area is 114 Å². The lowest BCUT2D eigenvalue weighted by Crippen LogP contribution is -2.25. The number of aromatic nitrogens is 2. The molecule has 0 atom stereocenters. The minimum atomic E-state index is -4.07. The fourth-order valence-corrected chi connectivity index (χ4v) is 2.63. The summed E-state index contributed by atoms with van der Waals surface area (Å²) in [6.45, 7) is -0.174. The monoisotopic (exact) mass is 297 g/mol. The van der Waals surface area contributed by atoms with E-state index in [0.717, 1.165) is 6.20 Å². The van der Waals surface area contributed by atoms with Gasteiger partial charge in [0.05, 0.1) is 6.20 Å². The molecule has 1 aromatic heterocycles. The highest BCUT2D eigenvalue weighted by atomic mass is 32.2. The molecule has 0 fully saturated rings. The van der Waals surface area contributed by atoms with E-state index in [4.69, 9.17) is 5.11 Å². The van der Waals surface area contributed by atoms with Crippen LogP contribution in [0.2, 0.25) is 0 Å². The lowest BCUT2D eigenvalue weighted by Gasteiger charge is -2.07. The number of nitrogens with one attached hydrogen (secondary N) is 2. The summed E-state index contributed by atoms with van der Waals surface area (Å²) in [4.78, 5) is 10.9. The highest BCUT2D eigenvalue weighted by molar-refractivity contribution is 7.89. The average Bonchev–Trinajstić information content (AvgIpc) is 2.88. The number of aromatic amines is 1. The first-order chi connectivity index (χ1) is 9.42. The molecule has 1 aromatic carbocycles. The van der Waals surface area contributed by atoms with Crippen LogP contribution in [0.25, 0.3) is 0 Å². The van der Waals surface area contributed by atoms with Crippen LogP contribution in [-0.4, -0.2) is 34.8 Å². The molecule has 9 heteroatoms. The highest BCUT2D eigenvalue weighted by Crippen LogP contribution is 2.17. The van der Waals surface area contributed by atoms with E-state index in [2.05, 4.69) is 14.9 Å². The molecule has 2 aromatic rings. The number of aromatic carboxylic acids is 1. The predicted molar refractivity (Wildman–Crippen MR) is 67.7 cm³/mol. The number of nitrogens with zero attached hydrogens (tertiary/aromatic N) is 1. The molecule has 8 nitrogen and oxygen atoms in total. The molecule has 0 aliphatic carbocycles. The number of hydrogen-bond acceptors (Lipinski definition) is 5. The van der Waals surface area contributed by atoms with Crippen molar-refractivity contribution in [1.82, 2.24) is 14.9 Å². The van der Waals surface area contributed by atoms with Crippen LogP contribution in [0.1, 0.15) is 15.9 Å². The van der Waals surface area contributed by atoms with Crippen molar-refractivity contribution < 1.29 is 23.4 Å². The summed E-state index contributed by atoms with van der Waals surface area (Å²) in [5, 5.41) is 23.4.